The number of alkyl halides is 3. The Bertz CT molecular complexity index is 1090. The highest BCUT2D eigenvalue weighted by Gasteiger charge is 2.58. The number of aromatic nitrogens is 2. The second-order valence-electron chi connectivity index (χ2n) is 8.61. The molecule has 2 aromatic rings. The van der Waals surface area contributed by atoms with Crippen LogP contribution in [0.3, 0.4) is 0 Å². The van der Waals surface area contributed by atoms with Crippen molar-refractivity contribution in [2.45, 2.75) is 25.4 Å². The van der Waals surface area contributed by atoms with Crippen LogP contribution in [-0.4, -0.2) is 88.3 Å². The van der Waals surface area contributed by atoms with Gasteiger partial charge in [0, 0.05) is 57.3 Å². The summed E-state index contributed by atoms with van der Waals surface area (Å²) in [6, 6.07) is 3.84. The molecule has 192 valence electrons. The number of carbonyl (C=O) groups excluding carboxylic acids is 2. The van der Waals surface area contributed by atoms with E-state index in [9.17, 15) is 22.8 Å². The number of hydrogen-bond donors (Lipinski definition) is 1. The van der Waals surface area contributed by atoms with E-state index in [4.69, 9.17) is 14.6 Å². The van der Waals surface area contributed by atoms with E-state index in [1.807, 2.05) is 46.7 Å². The molecule has 13 heteroatoms. The molecule has 2 amide bonds. The maximum absolute atomic E-state index is 13.4. The maximum Gasteiger partial charge on any atom is 0.490 e. The molecule has 1 spiro atoms. The van der Waals surface area contributed by atoms with Crippen molar-refractivity contribution in [1.29, 1.82) is 0 Å². The molecule has 0 radical (unpaired) electrons. The van der Waals surface area contributed by atoms with E-state index >= 15 is 0 Å². The van der Waals surface area contributed by atoms with Crippen LogP contribution in [0.4, 0.5) is 13.2 Å². The highest BCUT2D eigenvalue weighted by atomic mass is 32.1. The Labute approximate surface area is 204 Å². The lowest BCUT2D eigenvalue weighted by atomic mass is 9.75. The largest absolute Gasteiger partial charge is 0.490 e. The molecule has 0 aliphatic carbocycles. The number of amides is 2. The molecular weight excluding hydrogens is 489 g/mol. The van der Waals surface area contributed by atoms with Gasteiger partial charge in [-0.05, 0) is 25.5 Å². The minimum absolute atomic E-state index is 0.0130. The number of nitrogens with zero attached hydrogens (tertiary/aromatic N) is 4. The molecule has 35 heavy (non-hydrogen) atoms. The van der Waals surface area contributed by atoms with Crippen molar-refractivity contribution < 1.29 is 37.4 Å². The number of rotatable bonds is 5. The van der Waals surface area contributed by atoms with Crippen LogP contribution in [0.15, 0.2) is 24.7 Å². The van der Waals surface area contributed by atoms with Crippen LogP contribution in [0.25, 0.3) is 0 Å². The third-order valence-corrected chi connectivity index (χ3v) is 7.20. The summed E-state index contributed by atoms with van der Waals surface area (Å²) in [7, 11) is 3.57. The van der Waals surface area contributed by atoms with Crippen molar-refractivity contribution >= 4 is 29.1 Å². The fourth-order valence-corrected chi connectivity index (χ4v) is 5.34. The van der Waals surface area contributed by atoms with E-state index in [-0.39, 0.29) is 17.7 Å². The van der Waals surface area contributed by atoms with Gasteiger partial charge in [-0.2, -0.15) is 13.2 Å². The fraction of sp³-hybridized carbons (Fsp3) is 0.545. The zero-order valence-electron chi connectivity index (χ0n) is 19.5. The smallest absolute Gasteiger partial charge is 0.475 e. The number of thiophene rings is 1. The van der Waals surface area contributed by atoms with Crippen molar-refractivity contribution in [1.82, 2.24) is 19.4 Å². The predicted octanol–water partition coefficient (Wildman–Crippen LogP) is 2.53. The fourth-order valence-electron chi connectivity index (χ4n) is 4.50. The van der Waals surface area contributed by atoms with E-state index < -0.39 is 17.6 Å². The van der Waals surface area contributed by atoms with Gasteiger partial charge in [0.2, 0.25) is 5.91 Å². The first kappa shape index (κ1) is 26.7. The van der Waals surface area contributed by atoms with Crippen LogP contribution in [-0.2, 0) is 21.4 Å². The summed E-state index contributed by atoms with van der Waals surface area (Å²) in [5, 5.41) is 7.12. The maximum atomic E-state index is 13.4. The van der Waals surface area contributed by atoms with Gasteiger partial charge in [0.1, 0.15) is 0 Å². The minimum Gasteiger partial charge on any atom is -0.475 e. The van der Waals surface area contributed by atoms with Crippen molar-refractivity contribution in [3.05, 3.63) is 40.1 Å². The summed E-state index contributed by atoms with van der Waals surface area (Å²) in [5.74, 6) is -2.71. The monoisotopic (exact) mass is 516 g/mol. The molecule has 2 fully saturated rings. The van der Waals surface area contributed by atoms with Gasteiger partial charge in [-0.15, -0.1) is 11.3 Å². The van der Waals surface area contributed by atoms with Crippen LogP contribution in [0.5, 0.6) is 0 Å². The molecule has 2 unspecified atom stereocenters. The summed E-state index contributed by atoms with van der Waals surface area (Å²) >= 11 is 1.50. The number of halogens is 3. The van der Waals surface area contributed by atoms with Gasteiger partial charge in [-0.25, -0.2) is 9.78 Å². The number of carbonyl (C=O) groups is 3. The molecule has 2 atom stereocenters. The van der Waals surface area contributed by atoms with E-state index in [0.717, 1.165) is 21.9 Å². The van der Waals surface area contributed by atoms with Crippen molar-refractivity contribution in [2.24, 2.45) is 12.5 Å². The van der Waals surface area contributed by atoms with Gasteiger partial charge in [-0.1, -0.05) is 0 Å². The Morgan fingerprint density at radius 1 is 1.34 bits per heavy atom. The number of carboxylic acids is 1. The molecule has 2 saturated heterocycles. The second kappa shape index (κ2) is 10.4. The topological polar surface area (TPSA) is 105 Å². The van der Waals surface area contributed by atoms with E-state index in [2.05, 4.69) is 4.98 Å². The number of hydrogen-bond acceptors (Lipinski definition) is 6. The van der Waals surface area contributed by atoms with Crippen molar-refractivity contribution in [2.75, 3.05) is 39.9 Å². The van der Waals surface area contributed by atoms with Gasteiger partial charge >= 0.3 is 12.1 Å². The van der Waals surface area contributed by atoms with Gasteiger partial charge in [0.25, 0.3) is 5.91 Å². The number of aliphatic carboxylic acids is 1. The molecule has 0 aromatic carbocycles. The molecular formula is C22H27F3N4O5S. The summed E-state index contributed by atoms with van der Waals surface area (Å²) in [6.07, 6.45) is -0.608. The molecule has 4 heterocycles. The van der Waals surface area contributed by atoms with Gasteiger partial charge < -0.3 is 24.2 Å². The number of methoxy groups -OCH3 is 1. The Balaban J connectivity index is 0.000000429. The lowest BCUT2D eigenvalue weighted by Crippen LogP contribution is -2.41. The number of aryl methyl sites for hydroxylation is 2. The summed E-state index contributed by atoms with van der Waals surface area (Å²) in [5.41, 5.74) is 0.298. The number of ether oxygens (including phenoxy) is 1. The summed E-state index contributed by atoms with van der Waals surface area (Å²) in [4.78, 5) is 45.6. The average molecular weight is 517 g/mol. The SMILES string of the molecule is COCCN1CCC2(CN(C(=O)c3ccc(C)s3)CC2c2cn(C)cn2)C1=O.O=C(O)C(F)(F)F. The zero-order chi connectivity index (χ0) is 26.0. The Kier molecular flexibility index (Phi) is 7.90. The zero-order valence-corrected chi connectivity index (χ0v) is 20.4. The van der Waals surface area contributed by atoms with E-state index in [1.54, 1.807) is 13.4 Å². The predicted molar refractivity (Wildman–Crippen MR) is 120 cm³/mol. The van der Waals surface area contributed by atoms with Crippen LogP contribution in [0, 0.1) is 12.3 Å². The van der Waals surface area contributed by atoms with Crippen LogP contribution < -0.4 is 0 Å². The van der Waals surface area contributed by atoms with E-state index in [1.165, 1.54) is 11.3 Å². The van der Waals surface area contributed by atoms with Crippen molar-refractivity contribution in [3.8, 4) is 0 Å². The Hall–Kier alpha value is -2.93. The normalized spacial score (nSPS) is 22.0. The molecule has 2 aromatic heterocycles. The number of imidazole rings is 1. The Morgan fingerprint density at radius 3 is 2.54 bits per heavy atom. The quantitative estimate of drug-likeness (QED) is 0.655. The standard InChI is InChI=1S/C20H26N4O3S.C2HF3O2/c1-14-4-5-17(28-14)18(25)24-10-15(16-11-22(2)13-21-16)20(12-24)6-7-23(19(20)26)8-9-27-3;3-2(4,5)1(6)7/h4-5,11,13,15H,6-10,12H2,1-3H3;(H,6,7). The molecule has 2 aliphatic rings. The molecule has 0 saturated carbocycles. The summed E-state index contributed by atoms with van der Waals surface area (Å²) < 4.78 is 38.8. The minimum atomic E-state index is -5.08. The average Bonchev–Trinajstić information content (AvgIpc) is 3.56. The molecule has 0 bridgehead atoms. The molecule has 2 aliphatic heterocycles. The highest BCUT2D eigenvalue weighted by Crippen LogP contribution is 2.49. The van der Waals surface area contributed by atoms with Crippen LogP contribution >= 0.6 is 11.3 Å². The first-order chi connectivity index (χ1) is 16.4. The molecule has 9 nitrogen and oxygen atoms in total. The lowest BCUT2D eigenvalue weighted by Gasteiger charge is -2.27. The van der Waals surface area contributed by atoms with E-state index in [0.29, 0.717) is 32.8 Å². The Morgan fingerprint density at radius 2 is 2.03 bits per heavy atom. The number of carboxylic acid groups (broad SMARTS) is 1. The third-order valence-electron chi connectivity index (χ3n) is 6.21. The molecule has 4 rings (SSSR count). The lowest BCUT2D eigenvalue weighted by molar-refractivity contribution is -0.192. The van der Waals surface area contributed by atoms with Crippen LogP contribution in [0.1, 0.15) is 32.6 Å². The van der Waals surface area contributed by atoms with Crippen molar-refractivity contribution in [3.63, 3.8) is 0 Å². The first-order valence-electron chi connectivity index (χ1n) is 10.8. The number of likely N-dealkylation sites (tertiary alicyclic amines) is 2. The van der Waals surface area contributed by atoms with Gasteiger partial charge in [-0.3, -0.25) is 9.59 Å². The van der Waals surface area contributed by atoms with Gasteiger partial charge in [0.15, 0.2) is 0 Å². The van der Waals surface area contributed by atoms with Crippen LogP contribution in [0.2, 0.25) is 0 Å². The third kappa shape index (κ3) is 5.67. The van der Waals surface area contributed by atoms with Gasteiger partial charge in [0.05, 0.1) is 28.9 Å². The molecule has 1 N–H and O–H groups in total. The highest BCUT2D eigenvalue weighted by molar-refractivity contribution is 7.13. The second-order valence-corrected chi connectivity index (χ2v) is 9.89. The first-order valence-corrected chi connectivity index (χ1v) is 11.6. The summed E-state index contributed by atoms with van der Waals surface area (Å²) in [6.45, 7) is 4.78.